The number of ether oxygens (including phenoxy) is 1. The molecule has 3 nitrogen and oxygen atoms in total. The van der Waals surface area contributed by atoms with E-state index < -0.39 is 12.2 Å². The zero-order valence-corrected chi connectivity index (χ0v) is 13.3. The Morgan fingerprint density at radius 1 is 1.22 bits per heavy atom. The summed E-state index contributed by atoms with van der Waals surface area (Å²) >= 11 is 0. The van der Waals surface area contributed by atoms with Crippen molar-refractivity contribution in [2.24, 2.45) is 0 Å². The van der Waals surface area contributed by atoms with Crippen LogP contribution >= 0.6 is 0 Å². The summed E-state index contributed by atoms with van der Waals surface area (Å²) in [5.74, 6) is 0.308. The normalized spacial score (nSPS) is 18.3. The lowest BCUT2D eigenvalue weighted by Crippen LogP contribution is -2.41. The molecule has 126 valence electrons. The number of nitrogens with one attached hydrogen (secondary N) is 1. The second-order valence-corrected chi connectivity index (χ2v) is 6.12. The largest absolute Gasteiger partial charge is 0.496 e. The summed E-state index contributed by atoms with van der Waals surface area (Å²) in [6, 6.07) is 1.77. The van der Waals surface area contributed by atoms with Crippen LogP contribution in [0.1, 0.15) is 36.4 Å². The molecule has 0 saturated carbocycles. The molecule has 1 unspecified atom stereocenters. The van der Waals surface area contributed by atoms with Gasteiger partial charge in [-0.05, 0) is 50.6 Å². The molecular weight excluding hydrogens is 305 g/mol. The molecule has 0 radical (unpaired) electrons. The van der Waals surface area contributed by atoms with E-state index in [1.165, 1.54) is 7.11 Å². The molecule has 2 heterocycles. The van der Waals surface area contributed by atoms with Crippen LogP contribution in [-0.4, -0.2) is 36.3 Å². The Labute approximate surface area is 133 Å². The maximum Gasteiger partial charge on any atom is 0.408 e. The van der Waals surface area contributed by atoms with Gasteiger partial charge in [-0.2, -0.15) is 13.2 Å². The fourth-order valence-electron chi connectivity index (χ4n) is 3.58. The molecule has 0 spiro atoms. The van der Waals surface area contributed by atoms with E-state index in [1.54, 1.807) is 23.2 Å². The van der Waals surface area contributed by atoms with Crippen molar-refractivity contribution in [3.63, 3.8) is 0 Å². The average Bonchev–Trinajstić information content (AvgIpc) is 2.99. The highest BCUT2D eigenvalue weighted by atomic mass is 19.4. The number of aromatic nitrogens is 1. The third-order valence-corrected chi connectivity index (χ3v) is 4.60. The highest BCUT2D eigenvalue weighted by Crippen LogP contribution is 2.46. The predicted molar refractivity (Wildman–Crippen MR) is 83.8 cm³/mol. The highest BCUT2D eigenvalue weighted by molar-refractivity contribution is 5.88. The lowest BCUT2D eigenvalue weighted by atomic mass is 9.95. The monoisotopic (exact) mass is 326 g/mol. The molecule has 2 aromatic rings. The van der Waals surface area contributed by atoms with Crippen LogP contribution in [0, 0.1) is 6.92 Å². The minimum atomic E-state index is -4.34. The fraction of sp³-hybridized carbons (Fsp3) is 0.529. The molecule has 1 aromatic heterocycles. The third-order valence-electron chi connectivity index (χ3n) is 4.60. The molecule has 6 heteroatoms. The maximum absolute atomic E-state index is 13.9. The summed E-state index contributed by atoms with van der Waals surface area (Å²) < 4.78 is 47.1. The zero-order valence-electron chi connectivity index (χ0n) is 13.3. The number of aromatic amines is 1. The van der Waals surface area contributed by atoms with Crippen molar-refractivity contribution >= 4 is 10.9 Å². The third kappa shape index (κ3) is 2.92. The predicted octanol–water partition coefficient (Wildman–Crippen LogP) is 4.57. The number of rotatable bonds is 3. The quantitative estimate of drug-likeness (QED) is 0.894. The number of halogens is 3. The number of H-pyrrole nitrogens is 1. The Morgan fingerprint density at radius 2 is 1.91 bits per heavy atom. The van der Waals surface area contributed by atoms with Crippen LogP contribution < -0.4 is 4.74 Å². The first-order valence-electron chi connectivity index (χ1n) is 7.89. The molecule has 1 saturated heterocycles. The number of aryl methyl sites for hydroxylation is 1. The molecule has 1 aliphatic rings. The van der Waals surface area contributed by atoms with Crippen LogP contribution in [0.3, 0.4) is 0 Å². The topological polar surface area (TPSA) is 28.3 Å². The van der Waals surface area contributed by atoms with Crippen molar-refractivity contribution in [3.05, 3.63) is 29.5 Å². The van der Waals surface area contributed by atoms with Gasteiger partial charge in [-0.15, -0.1) is 0 Å². The van der Waals surface area contributed by atoms with Crippen LogP contribution in [-0.2, 0) is 0 Å². The van der Waals surface area contributed by atoms with E-state index >= 15 is 0 Å². The summed E-state index contributed by atoms with van der Waals surface area (Å²) in [6.07, 6.45) is -0.0614. The summed E-state index contributed by atoms with van der Waals surface area (Å²) in [5.41, 5.74) is 1.85. The number of nitrogens with zero attached hydrogens (tertiary/aromatic N) is 1. The number of benzene rings is 1. The summed E-state index contributed by atoms with van der Waals surface area (Å²) in [5, 5.41) is 0.592. The van der Waals surface area contributed by atoms with Crippen LogP contribution in [0.4, 0.5) is 13.2 Å². The Bertz CT molecular complexity index is 687. The van der Waals surface area contributed by atoms with Crippen LogP contribution in [0.2, 0.25) is 0 Å². The van der Waals surface area contributed by atoms with Gasteiger partial charge in [-0.25, -0.2) is 0 Å². The average molecular weight is 326 g/mol. The van der Waals surface area contributed by atoms with Crippen molar-refractivity contribution < 1.29 is 17.9 Å². The molecule has 1 aromatic carbocycles. The number of hydrogen-bond donors (Lipinski definition) is 1. The summed E-state index contributed by atoms with van der Waals surface area (Å²) in [4.78, 5) is 4.59. The Kier molecular flexibility index (Phi) is 4.27. The number of fused-ring (bicyclic) bond motifs is 1. The van der Waals surface area contributed by atoms with E-state index in [0.717, 1.165) is 30.3 Å². The van der Waals surface area contributed by atoms with Gasteiger partial charge in [0, 0.05) is 22.7 Å². The minimum Gasteiger partial charge on any atom is -0.496 e. The molecule has 1 aliphatic heterocycles. The second-order valence-electron chi connectivity index (χ2n) is 6.12. The first-order valence-corrected chi connectivity index (χ1v) is 7.89. The molecule has 1 fully saturated rings. The first kappa shape index (κ1) is 16.2. The van der Waals surface area contributed by atoms with Gasteiger partial charge in [0.05, 0.1) is 7.11 Å². The van der Waals surface area contributed by atoms with Crippen molar-refractivity contribution in [2.45, 2.75) is 38.4 Å². The molecule has 1 atom stereocenters. The van der Waals surface area contributed by atoms with Crippen molar-refractivity contribution in [1.29, 1.82) is 0 Å². The van der Waals surface area contributed by atoms with E-state index in [0.29, 0.717) is 24.2 Å². The van der Waals surface area contributed by atoms with Crippen LogP contribution in [0.25, 0.3) is 10.9 Å². The van der Waals surface area contributed by atoms with Gasteiger partial charge in [0.2, 0.25) is 0 Å². The van der Waals surface area contributed by atoms with E-state index in [1.807, 2.05) is 6.92 Å². The molecule has 0 aliphatic carbocycles. The maximum atomic E-state index is 13.9. The highest BCUT2D eigenvalue weighted by Gasteiger charge is 2.47. The van der Waals surface area contributed by atoms with Gasteiger partial charge < -0.3 is 9.72 Å². The molecular formula is C17H21F3N2O. The number of hydrogen-bond acceptors (Lipinski definition) is 2. The lowest BCUT2D eigenvalue weighted by Gasteiger charge is -2.36. The van der Waals surface area contributed by atoms with Gasteiger partial charge in [-0.3, -0.25) is 4.90 Å². The van der Waals surface area contributed by atoms with Crippen LogP contribution in [0.5, 0.6) is 5.75 Å². The van der Waals surface area contributed by atoms with Crippen LogP contribution in [0.15, 0.2) is 18.3 Å². The van der Waals surface area contributed by atoms with Gasteiger partial charge in [0.25, 0.3) is 0 Å². The Balaban J connectivity index is 2.20. The van der Waals surface area contributed by atoms with Gasteiger partial charge in [0.15, 0.2) is 0 Å². The number of likely N-dealkylation sites (tertiary alicyclic amines) is 1. The molecule has 0 bridgehead atoms. The summed E-state index contributed by atoms with van der Waals surface area (Å²) in [7, 11) is 1.43. The van der Waals surface area contributed by atoms with Gasteiger partial charge in [0.1, 0.15) is 11.8 Å². The molecule has 3 rings (SSSR count). The van der Waals surface area contributed by atoms with Gasteiger partial charge >= 0.3 is 6.18 Å². The molecule has 23 heavy (non-hydrogen) atoms. The Hall–Kier alpha value is -1.69. The Morgan fingerprint density at radius 3 is 2.52 bits per heavy atom. The van der Waals surface area contributed by atoms with Crippen molar-refractivity contribution in [3.8, 4) is 5.75 Å². The second kappa shape index (κ2) is 6.07. The fourth-order valence-corrected chi connectivity index (χ4v) is 3.58. The molecule has 0 amide bonds. The van der Waals surface area contributed by atoms with Crippen molar-refractivity contribution in [2.75, 3.05) is 20.2 Å². The molecule has 1 N–H and O–H groups in total. The number of methoxy groups -OCH3 is 1. The van der Waals surface area contributed by atoms with E-state index in [4.69, 9.17) is 4.74 Å². The van der Waals surface area contributed by atoms with Gasteiger partial charge in [-0.1, -0.05) is 6.42 Å². The smallest absolute Gasteiger partial charge is 0.408 e. The van der Waals surface area contributed by atoms with E-state index in [-0.39, 0.29) is 5.56 Å². The summed E-state index contributed by atoms with van der Waals surface area (Å²) in [6.45, 7) is 2.80. The zero-order chi connectivity index (χ0) is 16.6. The van der Waals surface area contributed by atoms with Crippen molar-refractivity contribution in [1.82, 2.24) is 9.88 Å². The minimum absolute atomic E-state index is 0.226. The number of piperidine rings is 1. The first-order chi connectivity index (χ1) is 10.9. The standard InChI is InChI=1S/C17H21F3N2O/c1-11-10-13(23-2)14(12-6-7-21-15(11)12)16(17(18,19)20)22-8-4-3-5-9-22/h6-7,10,16,21H,3-5,8-9H2,1-2H3. The number of alkyl halides is 3. The lowest BCUT2D eigenvalue weighted by molar-refractivity contribution is -0.188. The van der Waals surface area contributed by atoms with E-state index in [2.05, 4.69) is 4.98 Å². The SMILES string of the molecule is COc1cc(C)c2[nH]ccc2c1C(N1CCCCC1)C(F)(F)F. The van der Waals surface area contributed by atoms with E-state index in [9.17, 15) is 13.2 Å².